The fourth-order valence-electron chi connectivity index (χ4n) is 1.89. The Balaban J connectivity index is 2.87. The van der Waals surface area contributed by atoms with Crippen LogP contribution in [0.4, 0.5) is 0 Å². The van der Waals surface area contributed by atoms with Crippen molar-refractivity contribution >= 4 is 11.0 Å². The predicted octanol–water partition coefficient (Wildman–Crippen LogP) is 0.585. The van der Waals surface area contributed by atoms with Gasteiger partial charge in [0.15, 0.2) is 0 Å². The molecule has 0 fully saturated rings. The minimum atomic E-state index is -0.344. The minimum absolute atomic E-state index is 0.293. The summed E-state index contributed by atoms with van der Waals surface area (Å²) in [7, 11) is 3.11. The van der Waals surface area contributed by atoms with Gasteiger partial charge in [-0.3, -0.25) is 13.9 Å². The van der Waals surface area contributed by atoms with E-state index in [2.05, 4.69) is 11.9 Å². The number of aryl methyl sites for hydroxylation is 2. The highest BCUT2D eigenvalue weighted by molar-refractivity contribution is 5.73. The fraction of sp³-hybridized carbons (Fsp3) is 0.417. The van der Waals surface area contributed by atoms with Gasteiger partial charge in [-0.15, -0.1) is 0 Å². The van der Waals surface area contributed by atoms with Crippen LogP contribution in [0.1, 0.15) is 19.0 Å². The molecule has 90 valence electrons. The van der Waals surface area contributed by atoms with E-state index in [1.54, 1.807) is 13.1 Å². The third-order valence-corrected chi connectivity index (χ3v) is 2.87. The first-order valence-electron chi connectivity index (χ1n) is 5.62. The Kier molecular flexibility index (Phi) is 2.83. The maximum Gasteiger partial charge on any atom is 0.332 e. The summed E-state index contributed by atoms with van der Waals surface area (Å²) in [4.78, 5) is 28.0. The smallest absolute Gasteiger partial charge is 0.280 e. The van der Waals surface area contributed by atoms with Gasteiger partial charge >= 0.3 is 5.69 Å². The molecule has 5 heteroatoms. The van der Waals surface area contributed by atoms with Crippen LogP contribution in [0.15, 0.2) is 21.7 Å². The Morgan fingerprint density at radius 2 is 1.88 bits per heavy atom. The molecule has 0 N–H and O–H groups in total. The third kappa shape index (κ3) is 1.77. The summed E-state index contributed by atoms with van der Waals surface area (Å²) in [6.45, 7) is 2.06. The van der Waals surface area contributed by atoms with Crippen molar-refractivity contribution in [2.75, 3.05) is 0 Å². The lowest BCUT2D eigenvalue weighted by atomic mass is 10.2. The minimum Gasteiger partial charge on any atom is -0.280 e. The zero-order valence-electron chi connectivity index (χ0n) is 10.2. The van der Waals surface area contributed by atoms with Gasteiger partial charge in [-0.25, -0.2) is 9.78 Å². The second-order valence-electron chi connectivity index (χ2n) is 4.13. The number of fused-ring (bicyclic) bond motifs is 1. The number of hydrogen-bond acceptors (Lipinski definition) is 3. The van der Waals surface area contributed by atoms with Crippen molar-refractivity contribution in [2.24, 2.45) is 14.1 Å². The number of nitrogens with zero attached hydrogens (tertiary/aromatic N) is 3. The molecule has 0 aliphatic rings. The van der Waals surface area contributed by atoms with Gasteiger partial charge in [-0.2, -0.15) is 0 Å². The average Bonchev–Trinajstić information content (AvgIpc) is 2.34. The number of aromatic nitrogens is 3. The standard InChI is InChI=1S/C12H15N3O2/c1-4-5-8-6-7-9-10(13-8)14(2)12(17)15(3)11(9)16/h6-7H,4-5H2,1-3H3. The van der Waals surface area contributed by atoms with Crippen molar-refractivity contribution in [3.8, 4) is 0 Å². The van der Waals surface area contributed by atoms with Gasteiger partial charge in [0.2, 0.25) is 0 Å². The van der Waals surface area contributed by atoms with Crippen LogP contribution in [0.5, 0.6) is 0 Å². The highest BCUT2D eigenvalue weighted by Crippen LogP contribution is 2.07. The molecule has 0 amide bonds. The molecule has 0 saturated heterocycles. The summed E-state index contributed by atoms with van der Waals surface area (Å²) in [5, 5.41) is 0.481. The molecule has 17 heavy (non-hydrogen) atoms. The largest absolute Gasteiger partial charge is 0.332 e. The molecule has 0 aliphatic carbocycles. The van der Waals surface area contributed by atoms with Gasteiger partial charge in [0.25, 0.3) is 5.56 Å². The topological polar surface area (TPSA) is 56.9 Å². The zero-order chi connectivity index (χ0) is 12.6. The van der Waals surface area contributed by atoms with Crippen LogP contribution in [0, 0.1) is 0 Å². The van der Waals surface area contributed by atoms with Crippen LogP contribution in [-0.2, 0) is 20.5 Å². The van der Waals surface area contributed by atoms with Crippen molar-refractivity contribution in [1.29, 1.82) is 0 Å². The van der Waals surface area contributed by atoms with E-state index in [4.69, 9.17) is 0 Å². The Morgan fingerprint density at radius 3 is 2.53 bits per heavy atom. The summed E-state index contributed by atoms with van der Waals surface area (Å²) in [6, 6.07) is 3.59. The number of pyridine rings is 1. The molecule has 0 aliphatic heterocycles. The normalized spacial score (nSPS) is 11.0. The SMILES string of the molecule is CCCc1ccc2c(=O)n(C)c(=O)n(C)c2n1. The summed E-state index contributed by atoms with van der Waals surface area (Å²) in [6.07, 6.45) is 1.83. The highest BCUT2D eigenvalue weighted by Gasteiger charge is 2.09. The van der Waals surface area contributed by atoms with Gasteiger partial charge in [0.05, 0.1) is 5.39 Å². The maximum absolute atomic E-state index is 11.9. The predicted molar refractivity (Wildman–Crippen MR) is 66.2 cm³/mol. The van der Waals surface area contributed by atoms with E-state index < -0.39 is 0 Å². The monoisotopic (exact) mass is 233 g/mol. The number of rotatable bonds is 2. The van der Waals surface area contributed by atoms with Crippen LogP contribution in [0.3, 0.4) is 0 Å². The first-order valence-corrected chi connectivity index (χ1v) is 5.62. The van der Waals surface area contributed by atoms with E-state index in [1.807, 2.05) is 6.07 Å². The summed E-state index contributed by atoms with van der Waals surface area (Å²) in [5.41, 5.74) is 0.731. The van der Waals surface area contributed by atoms with E-state index in [0.717, 1.165) is 23.1 Å². The Bertz CT molecular complexity index is 682. The molecule has 0 radical (unpaired) electrons. The van der Waals surface area contributed by atoms with Gasteiger partial charge < -0.3 is 0 Å². The molecular weight excluding hydrogens is 218 g/mol. The van der Waals surface area contributed by atoms with Gasteiger partial charge in [-0.1, -0.05) is 13.3 Å². The zero-order valence-corrected chi connectivity index (χ0v) is 10.2. The highest BCUT2D eigenvalue weighted by atomic mass is 16.2. The Morgan fingerprint density at radius 1 is 1.18 bits per heavy atom. The lowest BCUT2D eigenvalue weighted by Gasteiger charge is -2.07. The lowest BCUT2D eigenvalue weighted by Crippen LogP contribution is -2.37. The molecule has 2 rings (SSSR count). The fourth-order valence-corrected chi connectivity index (χ4v) is 1.89. The molecule has 5 nitrogen and oxygen atoms in total. The van der Waals surface area contributed by atoms with Gasteiger partial charge in [-0.05, 0) is 18.6 Å². The molecule has 0 spiro atoms. The Hall–Kier alpha value is -1.91. The molecule has 0 atom stereocenters. The van der Waals surface area contributed by atoms with Gasteiger partial charge in [0, 0.05) is 19.8 Å². The van der Waals surface area contributed by atoms with E-state index in [9.17, 15) is 9.59 Å². The first-order chi connectivity index (χ1) is 8.06. The Labute approximate surface area is 98.3 Å². The summed E-state index contributed by atoms with van der Waals surface area (Å²) in [5.74, 6) is 0. The lowest BCUT2D eigenvalue weighted by molar-refractivity contribution is 0.705. The first kappa shape index (κ1) is 11.6. The van der Waals surface area contributed by atoms with E-state index in [-0.39, 0.29) is 11.2 Å². The van der Waals surface area contributed by atoms with Crippen LogP contribution < -0.4 is 11.2 Å². The van der Waals surface area contributed by atoms with Crippen LogP contribution in [0.2, 0.25) is 0 Å². The summed E-state index contributed by atoms with van der Waals surface area (Å²) < 4.78 is 2.51. The molecule has 0 saturated carbocycles. The van der Waals surface area contributed by atoms with Crippen LogP contribution in [0.25, 0.3) is 11.0 Å². The van der Waals surface area contributed by atoms with Crippen LogP contribution in [-0.4, -0.2) is 14.1 Å². The molecule has 2 aromatic heterocycles. The van der Waals surface area contributed by atoms with Crippen molar-refractivity contribution in [3.05, 3.63) is 38.7 Å². The summed E-state index contributed by atoms with van der Waals surface area (Å²) >= 11 is 0. The van der Waals surface area contributed by atoms with Gasteiger partial charge in [0.1, 0.15) is 5.65 Å². The van der Waals surface area contributed by atoms with Crippen molar-refractivity contribution in [1.82, 2.24) is 14.1 Å². The van der Waals surface area contributed by atoms with Crippen molar-refractivity contribution < 1.29 is 0 Å². The van der Waals surface area contributed by atoms with E-state index in [0.29, 0.717) is 11.0 Å². The van der Waals surface area contributed by atoms with Crippen molar-refractivity contribution in [3.63, 3.8) is 0 Å². The third-order valence-electron chi connectivity index (χ3n) is 2.87. The maximum atomic E-state index is 11.9. The second kappa shape index (κ2) is 4.16. The second-order valence-corrected chi connectivity index (χ2v) is 4.13. The van der Waals surface area contributed by atoms with E-state index in [1.165, 1.54) is 11.6 Å². The molecule has 0 unspecified atom stereocenters. The molecule has 2 aromatic rings. The van der Waals surface area contributed by atoms with Crippen molar-refractivity contribution in [2.45, 2.75) is 19.8 Å². The molecule has 2 heterocycles. The van der Waals surface area contributed by atoms with Crippen LogP contribution >= 0.6 is 0 Å². The average molecular weight is 233 g/mol. The number of hydrogen-bond donors (Lipinski definition) is 0. The van der Waals surface area contributed by atoms with E-state index >= 15 is 0 Å². The quantitative estimate of drug-likeness (QED) is 0.762. The molecule has 0 aromatic carbocycles. The molecular formula is C12H15N3O2. The molecule has 0 bridgehead atoms.